The van der Waals surface area contributed by atoms with E-state index in [0.29, 0.717) is 12.1 Å². The fraction of sp³-hybridized carbons (Fsp3) is 0.833. The Morgan fingerprint density at radius 3 is 2.54 bits per heavy atom. The first-order chi connectivity index (χ1) is 11.9. The molecule has 0 aromatic carbocycles. The van der Waals surface area contributed by atoms with Crippen molar-refractivity contribution in [3.63, 3.8) is 0 Å². The Morgan fingerprint density at radius 1 is 0.958 bits per heavy atom. The van der Waals surface area contributed by atoms with E-state index in [9.17, 15) is 0 Å². The van der Waals surface area contributed by atoms with Gasteiger partial charge < -0.3 is 15.5 Å². The van der Waals surface area contributed by atoms with Crippen molar-refractivity contribution in [2.75, 3.05) is 58.9 Å². The lowest BCUT2D eigenvalue weighted by molar-refractivity contribution is 0.0562. The van der Waals surface area contributed by atoms with Crippen LogP contribution in [0.15, 0.2) is 18.5 Å². The van der Waals surface area contributed by atoms with Crippen molar-refractivity contribution in [3.05, 3.63) is 18.5 Å². The summed E-state index contributed by atoms with van der Waals surface area (Å²) in [6, 6.07) is 3.35. The van der Waals surface area contributed by atoms with Crippen LogP contribution in [0.2, 0.25) is 0 Å². The minimum Gasteiger partial charge on any atom is -0.315 e. The minimum absolute atomic E-state index is 0.597. The lowest BCUT2D eigenvalue weighted by Gasteiger charge is -2.45. The molecule has 6 heteroatoms. The van der Waals surface area contributed by atoms with Crippen LogP contribution >= 0.6 is 0 Å². The number of hydrogen-bond donors (Lipinski definition) is 2. The minimum atomic E-state index is 0.597. The number of piperazine rings is 1. The van der Waals surface area contributed by atoms with Crippen LogP contribution < -0.4 is 10.6 Å². The van der Waals surface area contributed by atoms with Gasteiger partial charge in [0.1, 0.15) is 0 Å². The summed E-state index contributed by atoms with van der Waals surface area (Å²) in [6.45, 7) is 10.8. The molecule has 0 aliphatic carbocycles. The van der Waals surface area contributed by atoms with Gasteiger partial charge in [0.25, 0.3) is 0 Å². The van der Waals surface area contributed by atoms with Crippen molar-refractivity contribution < 1.29 is 0 Å². The molecule has 134 valence electrons. The summed E-state index contributed by atoms with van der Waals surface area (Å²) < 4.78 is 2.16. The Bertz CT molecular complexity index is 476. The molecule has 0 radical (unpaired) electrons. The van der Waals surface area contributed by atoms with E-state index < -0.39 is 0 Å². The standard InChI is InChI=1S/C18H32N6/c1-5-21-24(9-1)17-3-10-23(11-4-17)18-14-20-6-2-16(18)15-22-12-7-19-8-13-22/h1,5,9,16-20H,2-4,6-8,10-15H2. The van der Waals surface area contributed by atoms with E-state index in [-0.39, 0.29) is 0 Å². The molecule has 1 aromatic rings. The van der Waals surface area contributed by atoms with Crippen molar-refractivity contribution in [3.8, 4) is 0 Å². The van der Waals surface area contributed by atoms with E-state index in [2.05, 4.69) is 36.4 Å². The number of likely N-dealkylation sites (tertiary alicyclic amines) is 1. The van der Waals surface area contributed by atoms with E-state index in [1.807, 2.05) is 12.3 Å². The van der Waals surface area contributed by atoms with Gasteiger partial charge in [-0.3, -0.25) is 9.58 Å². The van der Waals surface area contributed by atoms with Crippen LogP contribution in [0.1, 0.15) is 25.3 Å². The first-order valence-electron chi connectivity index (χ1n) is 9.77. The molecule has 4 heterocycles. The molecule has 3 saturated heterocycles. The smallest absolute Gasteiger partial charge is 0.0543 e. The Balaban J connectivity index is 1.33. The van der Waals surface area contributed by atoms with Crippen LogP contribution in [0.3, 0.4) is 0 Å². The molecule has 3 fully saturated rings. The number of piperidine rings is 2. The van der Waals surface area contributed by atoms with Gasteiger partial charge in [-0.1, -0.05) is 0 Å². The van der Waals surface area contributed by atoms with Gasteiger partial charge in [0.15, 0.2) is 0 Å². The van der Waals surface area contributed by atoms with Gasteiger partial charge in [-0.25, -0.2) is 0 Å². The van der Waals surface area contributed by atoms with Gasteiger partial charge in [0, 0.05) is 70.8 Å². The fourth-order valence-electron chi connectivity index (χ4n) is 4.74. The summed E-state index contributed by atoms with van der Waals surface area (Å²) in [7, 11) is 0. The summed E-state index contributed by atoms with van der Waals surface area (Å²) in [4.78, 5) is 5.44. The van der Waals surface area contributed by atoms with Gasteiger partial charge in [0.05, 0.1) is 6.04 Å². The average molecular weight is 332 g/mol. The maximum absolute atomic E-state index is 4.44. The highest BCUT2D eigenvalue weighted by Gasteiger charge is 2.33. The molecule has 0 saturated carbocycles. The van der Waals surface area contributed by atoms with Gasteiger partial charge in [-0.05, 0) is 37.8 Å². The molecule has 2 atom stereocenters. The van der Waals surface area contributed by atoms with E-state index >= 15 is 0 Å². The maximum atomic E-state index is 4.44. The SMILES string of the molecule is c1cnn(C2CCN(C3CNCCC3CN3CCNCC3)CC2)c1. The van der Waals surface area contributed by atoms with Crippen molar-refractivity contribution in [1.82, 2.24) is 30.2 Å². The molecule has 6 nitrogen and oxygen atoms in total. The van der Waals surface area contributed by atoms with Crippen LogP contribution in [0, 0.1) is 5.92 Å². The molecule has 24 heavy (non-hydrogen) atoms. The molecule has 4 rings (SSSR count). The van der Waals surface area contributed by atoms with Crippen molar-refractivity contribution in [1.29, 1.82) is 0 Å². The normalized spacial score (nSPS) is 31.3. The number of nitrogens with one attached hydrogen (secondary N) is 2. The Labute approximate surface area is 145 Å². The lowest BCUT2D eigenvalue weighted by Crippen LogP contribution is -2.57. The zero-order chi connectivity index (χ0) is 16.2. The Kier molecular flexibility index (Phi) is 5.47. The van der Waals surface area contributed by atoms with Gasteiger partial charge >= 0.3 is 0 Å². The van der Waals surface area contributed by atoms with E-state index in [0.717, 1.165) is 19.0 Å². The highest BCUT2D eigenvalue weighted by atomic mass is 15.3. The molecule has 1 aromatic heterocycles. The molecule has 0 amide bonds. The van der Waals surface area contributed by atoms with Crippen LogP contribution in [0.25, 0.3) is 0 Å². The second-order valence-electron chi connectivity index (χ2n) is 7.62. The van der Waals surface area contributed by atoms with Crippen LogP contribution in [-0.2, 0) is 0 Å². The van der Waals surface area contributed by atoms with E-state index in [4.69, 9.17) is 0 Å². The summed E-state index contributed by atoms with van der Waals surface area (Å²) >= 11 is 0. The second kappa shape index (κ2) is 7.95. The maximum Gasteiger partial charge on any atom is 0.0543 e. The van der Waals surface area contributed by atoms with Crippen LogP contribution in [0.5, 0.6) is 0 Å². The number of hydrogen-bond acceptors (Lipinski definition) is 5. The summed E-state index contributed by atoms with van der Waals surface area (Å²) in [5.74, 6) is 0.825. The third kappa shape index (κ3) is 3.82. The average Bonchev–Trinajstić information content (AvgIpc) is 3.18. The van der Waals surface area contributed by atoms with Crippen LogP contribution in [-0.4, -0.2) is 84.5 Å². The zero-order valence-electron chi connectivity index (χ0n) is 14.7. The van der Waals surface area contributed by atoms with Crippen LogP contribution in [0.4, 0.5) is 0 Å². The largest absolute Gasteiger partial charge is 0.315 e. The van der Waals surface area contributed by atoms with E-state index in [1.54, 1.807) is 0 Å². The van der Waals surface area contributed by atoms with Gasteiger partial charge in [0.2, 0.25) is 0 Å². The third-order valence-electron chi connectivity index (χ3n) is 6.16. The lowest BCUT2D eigenvalue weighted by atomic mass is 9.89. The Hall–Kier alpha value is -0.950. The summed E-state index contributed by atoms with van der Waals surface area (Å²) in [5.41, 5.74) is 0. The number of nitrogens with zero attached hydrogens (tertiary/aromatic N) is 4. The molecule has 0 bridgehead atoms. The Morgan fingerprint density at radius 2 is 1.79 bits per heavy atom. The summed E-state index contributed by atoms with van der Waals surface area (Å²) in [5, 5.41) is 11.6. The molecular formula is C18H32N6. The van der Waals surface area contributed by atoms with Gasteiger partial charge in [-0.15, -0.1) is 0 Å². The number of aromatic nitrogens is 2. The molecular weight excluding hydrogens is 300 g/mol. The van der Waals surface area contributed by atoms with Crippen molar-refractivity contribution >= 4 is 0 Å². The quantitative estimate of drug-likeness (QED) is 0.836. The first-order valence-corrected chi connectivity index (χ1v) is 9.77. The molecule has 2 unspecified atom stereocenters. The highest BCUT2D eigenvalue weighted by molar-refractivity contribution is 4.91. The first kappa shape index (κ1) is 16.5. The van der Waals surface area contributed by atoms with Crippen molar-refractivity contribution in [2.45, 2.75) is 31.3 Å². The van der Waals surface area contributed by atoms with E-state index in [1.165, 1.54) is 65.1 Å². The molecule has 0 spiro atoms. The topological polar surface area (TPSA) is 48.4 Å². The second-order valence-corrected chi connectivity index (χ2v) is 7.62. The predicted molar refractivity (Wildman–Crippen MR) is 96.1 cm³/mol. The molecule has 2 N–H and O–H groups in total. The number of rotatable bonds is 4. The third-order valence-corrected chi connectivity index (χ3v) is 6.16. The fourth-order valence-corrected chi connectivity index (χ4v) is 4.74. The monoisotopic (exact) mass is 332 g/mol. The van der Waals surface area contributed by atoms with Gasteiger partial charge in [-0.2, -0.15) is 5.10 Å². The molecule has 3 aliphatic heterocycles. The van der Waals surface area contributed by atoms with Crippen molar-refractivity contribution in [2.24, 2.45) is 5.92 Å². The summed E-state index contributed by atoms with van der Waals surface area (Å²) in [6.07, 6.45) is 7.82. The zero-order valence-corrected chi connectivity index (χ0v) is 14.7. The highest BCUT2D eigenvalue weighted by Crippen LogP contribution is 2.27. The predicted octanol–water partition coefficient (Wildman–Crippen LogP) is 0.403. The molecule has 3 aliphatic rings.